The maximum absolute atomic E-state index is 13.7. The molecule has 1 aromatic heterocycles. The molecule has 0 fully saturated rings. The zero-order valence-corrected chi connectivity index (χ0v) is 17.7. The third kappa shape index (κ3) is 2.34. The SMILES string of the molecule is CCN1C(=O)[C@@]2(CC(=O)Nc3c2cnn3-c2ccc(C)c(C)c2)c2cccc(Cl)c21. The average molecular weight is 421 g/mol. The van der Waals surface area contributed by atoms with E-state index in [4.69, 9.17) is 11.6 Å². The number of amides is 2. The van der Waals surface area contributed by atoms with Gasteiger partial charge in [-0.15, -0.1) is 0 Å². The second-order valence-electron chi connectivity index (χ2n) is 7.90. The summed E-state index contributed by atoms with van der Waals surface area (Å²) in [5.74, 6) is 0.181. The molecule has 3 heterocycles. The summed E-state index contributed by atoms with van der Waals surface area (Å²) in [4.78, 5) is 28.3. The van der Waals surface area contributed by atoms with Crippen LogP contribution in [0.2, 0.25) is 5.02 Å². The zero-order chi connectivity index (χ0) is 21.2. The average Bonchev–Trinajstić information content (AvgIpc) is 3.24. The molecule has 0 unspecified atom stereocenters. The lowest BCUT2D eigenvalue weighted by molar-refractivity contribution is -0.126. The van der Waals surface area contributed by atoms with Crippen molar-refractivity contribution in [2.45, 2.75) is 32.6 Å². The van der Waals surface area contributed by atoms with Crippen molar-refractivity contribution < 1.29 is 9.59 Å². The highest BCUT2D eigenvalue weighted by Crippen LogP contribution is 2.54. The van der Waals surface area contributed by atoms with E-state index >= 15 is 0 Å². The van der Waals surface area contributed by atoms with Gasteiger partial charge in [0.2, 0.25) is 11.8 Å². The standard InChI is InChI=1S/C23H21ClN4O2/c1-4-27-20-16(6-5-7-18(20)24)23(22(27)30)11-19(29)26-21-17(23)12-25-28(21)15-9-8-13(2)14(3)10-15/h5-10,12H,4,11H2,1-3H3,(H,26,29)/t23-/m0/s1. The van der Waals surface area contributed by atoms with Gasteiger partial charge in [0.1, 0.15) is 11.2 Å². The van der Waals surface area contributed by atoms with E-state index < -0.39 is 5.41 Å². The Labute approximate surface area is 179 Å². The summed E-state index contributed by atoms with van der Waals surface area (Å²) in [5.41, 5.74) is 4.16. The van der Waals surface area contributed by atoms with E-state index in [-0.39, 0.29) is 18.2 Å². The van der Waals surface area contributed by atoms with Crippen molar-refractivity contribution in [2.75, 3.05) is 16.8 Å². The largest absolute Gasteiger partial charge is 0.310 e. The molecule has 0 radical (unpaired) electrons. The molecular weight excluding hydrogens is 400 g/mol. The fourth-order valence-electron chi connectivity index (χ4n) is 4.66. The normalized spacial score (nSPS) is 19.8. The Morgan fingerprint density at radius 1 is 1.13 bits per heavy atom. The van der Waals surface area contributed by atoms with E-state index in [0.717, 1.165) is 16.8 Å². The first-order valence-electron chi connectivity index (χ1n) is 9.95. The lowest BCUT2D eigenvalue weighted by atomic mass is 9.72. The first-order valence-corrected chi connectivity index (χ1v) is 10.3. The van der Waals surface area contributed by atoms with Crippen molar-refractivity contribution in [1.29, 1.82) is 0 Å². The Kier molecular flexibility index (Phi) is 4.05. The van der Waals surface area contributed by atoms with Gasteiger partial charge in [0.15, 0.2) is 0 Å². The summed E-state index contributed by atoms with van der Waals surface area (Å²) < 4.78 is 1.70. The number of rotatable bonds is 2. The van der Waals surface area contributed by atoms with Crippen molar-refractivity contribution in [3.8, 4) is 5.69 Å². The molecular formula is C23H21ClN4O2. The van der Waals surface area contributed by atoms with Gasteiger partial charge in [-0.25, -0.2) is 4.68 Å². The number of nitrogens with one attached hydrogen (secondary N) is 1. The molecule has 2 aliphatic heterocycles. The summed E-state index contributed by atoms with van der Waals surface area (Å²) in [6.45, 7) is 6.46. The number of carbonyl (C=O) groups is 2. The van der Waals surface area contributed by atoms with Crippen molar-refractivity contribution in [2.24, 2.45) is 0 Å². The Balaban J connectivity index is 1.78. The van der Waals surface area contributed by atoms with Crippen LogP contribution < -0.4 is 10.2 Å². The third-order valence-electron chi connectivity index (χ3n) is 6.29. The summed E-state index contributed by atoms with van der Waals surface area (Å²) >= 11 is 6.49. The molecule has 2 aromatic carbocycles. The van der Waals surface area contributed by atoms with E-state index in [1.54, 1.807) is 21.8 Å². The monoisotopic (exact) mass is 420 g/mol. The van der Waals surface area contributed by atoms with Crippen LogP contribution in [0.25, 0.3) is 5.69 Å². The van der Waals surface area contributed by atoms with Gasteiger partial charge in [-0.3, -0.25) is 9.59 Å². The topological polar surface area (TPSA) is 67.2 Å². The molecule has 3 aromatic rings. The van der Waals surface area contributed by atoms with Crippen LogP contribution in [0.3, 0.4) is 0 Å². The Hall–Kier alpha value is -3.12. The van der Waals surface area contributed by atoms with Crippen LogP contribution in [0.5, 0.6) is 0 Å². The van der Waals surface area contributed by atoms with Gasteiger partial charge < -0.3 is 10.2 Å². The minimum absolute atomic E-state index is 0.0291. The van der Waals surface area contributed by atoms with Crippen LogP contribution in [0, 0.1) is 13.8 Å². The smallest absolute Gasteiger partial charge is 0.242 e. The minimum atomic E-state index is -1.12. The van der Waals surface area contributed by atoms with Gasteiger partial charge in [-0.1, -0.05) is 29.8 Å². The molecule has 0 saturated carbocycles. The van der Waals surface area contributed by atoms with E-state index in [1.165, 1.54) is 5.56 Å². The summed E-state index contributed by atoms with van der Waals surface area (Å²) in [6, 6.07) is 11.5. The number of aryl methyl sites for hydroxylation is 2. The quantitative estimate of drug-likeness (QED) is 0.677. The van der Waals surface area contributed by atoms with Gasteiger partial charge >= 0.3 is 0 Å². The Morgan fingerprint density at radius 3 is 2.67 bits per heavy atom. The predicted molar refractivity (Wildman–Crippen MR) is 117 cm³/mol. The number of fused-ring (bicyclic) bond motifs is 4. The number of likely N-dealkylation sites (N-methyl/N-ethyl adjacent to an activating group) is 1. The zero-order valence-electron chi connectivity index (χ0n) is 17.0. The van der Waals surface area contributed by atoms with Crippen molar-refractivity contribution >= 4 is 34.9 Å². The molecule has 6 nitrogen and oxygen atoms in total. The molecule has 7 heteroatoms. The highest BCUT2D eigenvalue weighted by Gasteiger charge is 2.57. The first kappa shape index (κ1) is 18.9. The first-order chi connectivity index (χ1) is 14.4. The van der Waals surface area contributed by atoms with Gasteiger partial charge in [-0.05, 0) is 55.7 Å². The van der Waals surface area contributed by atoms with Crippen molar-refractivity contribution in [3.63, 3.8) is 0 Å². The molecule has 0 bridgehead atoms. The molecule has 2 aliphatic rings. The second-order valence-corrected chi connectivity index (χ2v) is 8.31. The lowest BCUT2D eigenvalue weighted by Crippen LogP contribution is -2.46. The minimum Gasteiger partial charge on any atom is -0.310 e. The van der Waals surface area contributed by atoms with E-state index in [9.17, 15) is 9.59 Å². The number of carbonyl (C=O) groups excluding carboxylic acids is 2. The Morgan fingerprint density at radius 2 is 1.93 bits per heavy atom. The maximum Gasteiger partial charge on any atom is 0.242 e. The molecule has 30 heavy (non-hydrogen) atoms. The molecule has 2 amide bonds. The second kappa shape index (κ2) is 6.44. The van der Waals surface area contributed by atoms with Crippen molar-refractivity contribution in [1.82, 2.24) is 9.78 Å². The number of anilines is 2. The van der Waals surface area contributed by atoms with E-state index in [0.29, 0.717) is 28.6 Å². The molecule has 0 saturated heterocycles. The predicted octanol–water partition coefficient (Wildman–Crippen LogP) is 4.14. The third-order valence-corrected chi connectivity index (χ3v) is 6.60. The number of hydrogen-bond donors (Lipinski definition) is 1. The number of aromatic nitrogens is 2. The molecule has 1 N–H and O–H groups in total. The summed E-state index contributed by atoms with van der Waals surface area (Å²) in [7, 11) is 0. The van der Waals surface area contributed by atoms with Crippen LogP contribution in [-0.4, -0.2) is 28.1 Å². The van der Waals surface area contributed by atoms with Gasteiger partial charge in [0.25, 0.3) is 0 Å². The summed E-state index contributed by atoms with van der Waals surface area (Å²) in [5, 5.41) is 8.03. The van der Waals surface area contributed by atoms with Gasteiger partial charge in [-0.2, -0.15) is 5.10 Å². The number of nitrogens with zero attached hydrogens (tertiary/aromatic N) is 3. The summed E-state index contributed by atoms with van der Waals surface area (Å²) in [6.07, 6.45) is 1.73. The molecule has 152 valence electrons. The number of para-hydroxylation sites is 1. The fourth-order valence-corrected chi connectivity index (χ4v) is 4.94. The van der Waals surface area contributed by atoms with Crippen LogP contribution in [0.4, 0.5) is 11.5 Å². The van der Waals surface area contributed by atoms with Gasteiger partial charge in [0, 0.05) is 18.5 Å². The van der Waals surface area contributed by atoms with Crippen molar-refractivity contribution in [3.05, 3.63) is 69.9 Å². The van der Waals surface area contributed by atoms with Crippen LogP contribution in [0.15, 0.2) is 42.6 Å². The number of benzene rings is 2. The molecule has 1 spiro atoms. The fraction of sp³-hybridized carbons (Fsp3) is 0.261. The van der Waals surface area contributed by atoms with Gasteiger partial charge in [0.05, 0.1) is 22.6 Å². The lowest BCUT2D eigenvalue weighted by Gasteiger charge is -2.32. The highest BCUT2D eigenvalue weighted by atomic mass is 35.5. The highest BCUT2D eigenvalue weighted by molar-refractivity contribution is 6.35. The number of halogens is 1. The van der Waals surface area contributed by atoms with Crippen LogP contribution >= 0.6 is 11.6 Å². The molecule has 0 aliphatic carbocycles. The Bertz CT molecular complexity index is 1230. The molecule has 1 atom stereocenters. The van der Waals surface area contributed by atoms with E-state index in [1.807, 2.05) is 51.1 Å². The maximum atomic E-state index is 13.7. The molecule has 5 rings (SSSR count). The van der Waals surface area contributed by atoms with E-state index in [2.05, 4.69) is 10.4 Å². The number of hydrogen-bond acceptors (Lipinski definition) is 3. The van der Waals surface area contributed by atoms with Crippen LogP contribution in [0.1, 0.15) is 35.6 Å². The van der Waals surface area contributed by atoms with Crippen LogP contribution in [-0.2, 0) is 15.0 Å².